The van der Waals surface area contributed by atoms with Crippen molar-refractivity contribution in [2.45, 2.75) is 49.4 Å². The summed E-state index contributed by atoms with van der Waals surface area (Å²) in [5.41, 5.74) is 8.26. The molecule has 1 atom stereocenters. The largest absolute Gasteiger partial charge is 0.399 e. The molecule has 0 fully saturated rings. The van der Waals surface area contributed by atoms with Gasteiger partial charge in [0.05, 0.1) is 5.37 Å². The lowest BCUT2D eigenvalue weighted by Gasteiger charge is -2.42. The summed E-state index contributed by atoms with van der Waals surface area (Å²) in [7, 11) is 0. The van der Waals surface area contributed by atoms with Gasteiger partial charge in [0.25, 0.3) is 0 Å². The highest BCUT2D eigenvalue weighted by Crippen LogP contribution is 2.43. The van der Waals surface area contributed by atoms with Crippen molar-refractivity contribution in [3.05, 3.63) is 23.8 Å². The fourth-order valence-electron chi connectivity index (χ4n) is 2.55. The van der Waals surface area contributed by atoms with Crippen LogP contribution in [-0.2, 0) is 5.54 Å². The van der Waals surface area contributed by atoms with E-state index in [1.165, 1.54) is 10.5 Å². The molecule has 0 radical (unpaired) electrons. The number of nitrogens with one attached hydrogen (secondary N) is 1. The van der Waals surface area contributed by atoms with Gasteiger partial charge < -0.3 is 5.73 Å². The van der Waals surface area contributed by atoms with Crippen LogP contribution in [0.2, 0.25) is 0 Å². The Hall–Kier alpha value is -0.670. The average molecular weight is 236 g/mol. The lowest BCUT2D eigenvalue weighted by molar-refractivity contribution is 0.295. The van der Waals surface area contributed by atoms with Gasteiger partial charge in [-0.25, -0.2) is 0 Å². The maximum absolute atomic E-state index is 5.91. The van der Waals surface area contributed by atoms with Crippen molar-refractivity contribution < 1.29 is 0 Å². The second-order valence-corrected chi connectivity index (χ2v) is 5.83. The Balaban J connectivity index is 2.54. The first kappa shape index (κ1) is 11.8. The average Bonchev–Trinajstić information content (AvgIpc) is 2.28. The second kappa shape index (κ2) is 4.30. The van der Waals surface area contributed by atoms with E-state index in [1.54, 1.807) is 0 Å². The smallest absolute Gasteiger partial charge is 0.0557 e. The molecule has 1 aliphatic rings. The molecule has 88 valence electrons. The molecule has 3 N–H and O–H groups in total. The molecule has 1 aromatic carbocycles. The van der Waals surface area contributed by atoms with Crippen LogP contribution in [0.25, 0.3) is 0 Å². The summed E-state index contributed by atoms with van der Waals surface area (Å²) in [4.78, 5) is 1.38. The van der Waals surface area contributed by atoms with Crippen LogP contribution in [0.3, 0.4) is 0 Å². The molecular weight excluding hydrogens is 216 g/mol. The molecule has 2 nitrogen and oxygen atoms in total. The van der Waals surface area contributed by atoms with Crippen molar-refractivity contribution in [2.24, 2.45) is 0 Å². The lowest BCUT2D eigenvalue weighted by Crippen LogP contribution is -2.48. The zero-order chi connectivity index (χ0) is 11.8. The summed E-state index contributed by atoms with van der Waals surface area (Å²) in [5.74, 6) is 0. The Bertz CT molecular complexity index is 386. The molecule has 16 heavy (non-hydrogen) atoms. The quantitative estimate of drug-likeness (QED) is 0.774. The number of benzene rings is 1. The molecular formula is C13H20N2S. The SMILES string of the molecule is CCC1(CC)NC(C)Sc2ccc(N)cc21. The summed E-state index contributed by atoms with van der Waals surface area (Å²) in [5, 5.41) is 4.19. The van der Waals surface area contributed by atoms with Crippen LogP contribution < -0.4 is 11.1 Å². The number of fused-ring (bicyclic) bond motifs is 1. The third kappa shape index (κ3) is 1.82. The molecule has 1 aliphatic heterocycles. The Kier molecular flexibility index (Phi) is 3.17. The predicted octanol–water partition coefficient (Wildman–Crippen LogP) is 3.33. The number of hydrogen-bond donors (Lipinski definition) is 2. The Morgan fingerprint density at radius 3 is 2.69 bits per heavy atom. The van der Waals surface area contributed by atoms with Gasteiger partial charge in [0, 0.05) is 16.1 Å². The number of nitrogen functional groups attached to an aromatic ring is 1. The number of thioether (sulfide) groups is 1. The van der Waals surface area contributed by atoms with Gasteiger partial charge in [-0.05, 0) is 43.5 Å². The number of nitrogens with two attached hydrogens (primary N) is 1. The molecule has 2 rings (SSSR count). The van der Waals surface area contributed by atoms with Crippen molar-refractivity contribution in [3.8, 4) is 0 Å². The topological polar surface area (TPSA) is 38.0 Å². The first-order chi connectivity index (χ1) is 7.61. The fourth-order valence-corrected chi connectivity index (χ4v) is 3.74. The van der Waals surface area contributed by atoms with E-state index < -0.39 is 0 Å². The fraction of sp³-hybridized carbons (Fsp3) is 0.538. The van der Waals surface area contributed by atoms with Gasteiger partial charge in [0.2, 0.25) is 0 Å². The van der Waals surface area contributed by atoms with Crippen LogP contribution >= 0.6 is 11.8 Å². The highest BCUT2D eigenvalue weighted by atomic mass is 32.2. The van der Waals surface area contributed by atoms with Crippen molar-refractivity contribution >= 4 is 17.4 Å². The molecule has 1 heterocycles. The van der Waals surface area contributed by atoms with E-state index in [-0.39, 0.29) is 5.54 Å². The first-order valence-corrected chi connectivity index (χ1v) is 6.83. The van der Waals surface area contributed by atoms with Crippen molar-refractivity contribution in [3.63, 3.8) is 0 Å². The number of rotatable bonds is 2. The highest BCUT2D eigenvalue weighted by Gasteiger charge is 2.36. The summed E-state index contributed by atoms with van der Waals surface area (Å²) in [6.45, 7) is 6.71. The van der Waals surface area contributed by atoms with Crippen molar-refractivity contribution in [1.82, 2.24) is 5.32 Å². The van der Waals surface area contributed by atoms with Crippen LogP contribution in [-0.4, -0.2) is 5.37 Å². The van der Waals surface area contributed by atoms with E-state index in [4.69, 9.17) is 5.73 Å². The maximum atomic E-state index is 5.91. The van der Waals surface area contributed by atoms with E-state index >= 15 is 0 Å². The van der Waals surface area contributed by atoms with Crippen molar-refractivity contribution in [1.29, 1.82) is 0 Å². The van der Waals surface area contributed by atoms with E-state index in [9.17, 15) is 0 Å². The van der Waals surface area contributed by atoms with Crippen LogP contribution in [0.5, 0.6) is 0 Å². The summed E-state index contributed by atoms with van der Waals surface area (Å²) < 4.78 is 0. The van der Waals surface area contributed by atoms with Gasteiger partial charge in [-0.1, -0.05) is 13.8 Å². The zero-order valence-electron chi connectivity index (χ0n) is 10.2. The summed E-state index contributed by atoms with van der Waals surface area (Å²) >= 11 is 1.89. The molecule has 0 bridgehead atoms. The minimum absolute atomic E-state index is 0.107. The van der Waals surface area contributed by atoms with Crippen LogP contribution in [0.1, 0.15) is 39.2 Å². The summed E-state index contributed by atoms with van der Waals surface area (Å²) in [6.07, 6.45) is 2.20. The minimum atomic E-state index is 0.107. The normalized spacial score (nSPS) is 22.8. The van der Waals surface area contributed by atoms with Gasteiger partial charge in [0.15, 0.2) is 0 Å². The monoisotopic (exact) mass is 236 g/mol. The van der Waals surface area contributed by atoms with E-state index in [0.29, 0.717) is 5.37 Å². The maximum Gasteiger partial charge on any atom is 0.0557 e. The second-order valence-electron chi connectivity index (χ2n) is 4.45. The van der Waals surface area contributed by atoms with Gasteiger partial charge in [-0.3, -0.25) is 5.32 Å². The molecule has 1 aromatic rings. The summed E-state index contributed by atoms with van der Waals surface area (Å²) in [6, 6.07) is 6.29. The van der Waals surface area contributed by atoms with Crippen LogP contribution in [0.15, 0.2) is 23.1 Å². The van der Waals surface area contributed by atoms with Gasteiger partial charge in [-0.15, -0.1) is 11.8 Å². The number of hydrogen-bond acceptors (Lipinski definition) is 3. The van der Waals surface area contributed by atoms with E-state index in [1.807, 2.05) is 17.8 Å². The van der Waals surface area contributed by atoms with Crippen LogP contribution in [0.4, 0.5) is 5.69 Å². The molecule has 0 saturated carbocycles. The molecule has 0 aliphatic carbocycles. The predicted molar refractivity (Wildman–Crippen MR) is 71.6 cm³/mol. The standard InChI is InChI=1S/C13H20N2S/c1-4-13(5-2)11-8-10(14)6-7-12(11)16-9(3)15-13/h6-9,15H,4-5,14H2,1-3H3. The minimum Gasteiger partial charge on any atom is -0.399 e. The van der Waals surface area contributed by atoms with Gasteiger partial charge in [0.1, 0.15) is 0 Å². The first-order valence-electron chi connectivity index (χ1n) is 5.95. The third-order valence-corrected chi connectivity index (χ3v) is 4.59. The zero-order valence-corrected chi connectivity index (χ0v) is 11.0. The van der Waals surface area contributed by atoms with Gasteiger partial charge in [-0.2, -0.15) is 0 Å². The lowest BCUT2D eigenvalue weighted by atomic mass is 9.84. The van der Waals surface area contributed by atoms with Crippen molar-refractivity contribution in [2.75, 3.05) is 5.73 Å². The molecule has 0 amide bonds. The molecule has 0 saturated heterocycles. The van der Waals surface area contributed by atoms with E-state index in [0.717, 1.165) is 18.5 Å². The Morgan fingerprint density at radius 2 is 2.06 bits per heavy atom. The molecule has 0 spiro atoms. The Morgan fingerprint density at radius 1 is 1.38 bits per heavy atom. The number of anilines is 1. The molecule has 1 unspecified atom stereocenters. The molecule has 0 aromatic heterocycles. The Labute approximate surface area is 102 Å². The molecule has 3 heteroatoms. The van der Waals surface area contributed by atoms with E-state index in [2.05, 4.69) is 38.2 Å². The highest BCUT2D eigenvalue weighted by molar-refractivity contribution is 8.00. The van der Waals surface area contributed by atoms with Crippen LogP contribution in [0, 0.1) is 0 Å². The third-order valence-electron chi connectivity index (χ3n) is 3.51. The van der Waals surface area contributed by atoms with Gasteiger partial charge >= 0.3 is 0 Å².